The van der Waals surface area contributed by atoms with E-state index in [4.69, 9.17) is 10.2 Å². The molecule has 2 N–H and O–H groups in total. The molecule has 138 valence electrons. The van der Waals surface area contributed by atoms with E-state index in [1.807, 2.05) is 0 Å². The van der Waals surface area contributed by atoms with Crippen molar-refractivity contribution < 1.29 is 19.8 Å². The first-order valence-electron chi connectivity index (χ1n) is 8.49. The Morgan fingerprint density at radius 3 is 1.31 bits per heavy atom. The molecule has 0 aliphatic heterocycles. The summed E-state index contributed by atoms with van der Waals surface area (Å²) < 4.78 is 0. The van der Waals surface area contributed by atoms with Crippen molar-refractivity contribution in [1.29, 1.82) is 0 Å². The van der Waals surface area contributed by atoms with Crippen molar-refractivity contribution in [2.24, 2.45) is 0 Å². The minimum Gasteiger partial charge on any atom is -0.481 e. The lowest BCUT2D eigenvalue weighted by molar-refractivity contribution is -0.138. The summed E-state index contributed by atoms with van der Waals surface area (Å²) in [6, 6.07) is 16.5. The van der Waals surface area contributed by atoms with Gasteiger partial charge in [0.05, 0.1) is 0 Å². The van der Waals surface area contributed by atoms with E-state index < -0.39 is 11.9 Å². The van der Waals surface area contributed by atoms with Crippen LogP contribution in [0.5, 0.6) is 0 Å². The lowest BCUT2D eigenvalue weighted by Gasteiger charge is -2.05. The smallest absolute Gasteiger partial charge is 0.303 e. The molecule has 0 aliphatic rings. The Labute approximate surface area is 161 Å². The highest BCUT2D eigenvalue weighted by molar-refractivity contribution is 8.76. The number of aliphatic carboxylic acids is 2. The minimum atomic E-state index is -0.749. The summed E-state index contributed by atoms with van der Waals surface area (Å²) >= 11 is 0. The highest BCUT2D eigenvalue weighted by atomic mass is 33.1. The van der Waals surface area contributed by atoms with Gasteiger partial charge in [-0.1, -0.05) is 45.9 Å². The molecule has 0 aliphatic carbocycles. The fourth-order valence-electron chi connectivity index (χ4n) is 2.41. The number of aryl methyl sites for hydroxylation is 2. The topological polar surface area (TPSA) is 74.6 Å². The molecule has 0 spiro atoms. The SMILES string of the molecule is O=C(O)CCCc1ccc(SSc2ccc(CCCC(=O)O)cc2)cc1. The normalized spacial score (nSPS) is 10.6. The zero-order valence-corrected chi connectivity index (χ0v) is 16.0. The predicted octanol–water partition coefficient (Wildman–Crippen LogP) is 5.30. The van der Waals surface area contributed by atoms with Gasteiger partial charge in [0.1, 0.15) is 0 Å². The molecule has 0 amide bonds. The first kappa shape index (κ1) is 20.4. The van der Waals surface area contributed by atoms with Gasteiger partial charge in [0.15, 0.2) is 0 Å². The van der Waals surface area contributed by atoms with Crippen LogP contribution >= 0.6 is 21.6 Å². The third-order valence-electron chi connectivity index (χ3n) is 3.79. The van der Waals surface area contributed by atoms with Crippen molar-refractivity contribution >= 4 is 33.5 Å². The molecule has 0 radical (unpaired) electrons. The lowest BCUT2D eigenvalue weighted by Crippen LogP contribution is -1.95. The van der Waals surface area contributed by atoms with Crippen molar-refractivity contribution in [1.82, 2.24) is 0 Å². The summed E-state index contributed by atoms with van der Waals surface area (Å²) in [6.45, 7) is 0. The Morgan fingerprint density at radius 1 is 0.654 bits per heavy atom. The second-order valence-electron chi connectivity index (χ2n) is 5.95. The number of hydrogen-bond donors (Lipinski definition) is 2. The van der Waals surface area contributed by atoms with E-state index in [1.165, 1.54) is 0 Å². The predicted molar refractivity (Wildman–Crippen MR) is 106 cm³/mol. The minimum absolute atomic E-state index is 0.207. The molecule has 0 saturated carbocycles. The molecule has 0 atom stereocenters. The van der Waals surface area contributed by atoms with Crippen molar-refractivity contribution in [2.75, 3.05) is 0 Å². The number of carboxylic acids is 2. The first-order chi connectivity index (χ1) is 12.5. The molecule has 0 heterocycles. The van der Waals surface area contributed by atoms with Crippen LogP contribution in [0.4, 0.5) is 0 Å². The third kappa shape index (κ3) is 7.97. The van der Waals surface area contributed by atoms with Gasteiger partial charge in [0, 0.05) is 22.6 Å². The molecule has 0 aromatic heterocycles. The quantitative estimate of drug-likeness (QED) is 0.507. The Morgan fingerprint density at radius 2 is 1.00 bits per heavy atom. The van der Waals surface area contributed by atoms with Crippen LogP contribution in [-0.2, 0) is 22.4 Å². The molecule has 2 aromatic carbocycles. The van der Waals surface area contributed by atoms with E-state index in [0.717, 1.165) is 33.8 Å². The van der Waals surface area contributed by atoms with Crippen LogP contribution in [0.1, 0.15) is 36.8 Å². The third-order valence-corrected chi connectivity index (χ3v) is 6.21. The second kappa shape index (κ2) is 10.9. The number of rotatable bonds is 11. The van der Waals surface area contributed by atoms with E-state index in [2.05, 4.69) is 48.5 Å². The van der Waals surface area contributed by atoms with E-state index in [-0.39, 0.29) is 12.8 Å². The average molecular weight is 391 g/mol. The zero-order chi connectivity index (χ0) is 18.8. The maximum Gasteiger partial charge on any atom is 0.303 e. The monoisotopic (exact) mass is 390 g/mol. The highest BCUT2D eigenvalue weighted by Crippen LogP contribution is 2.37. The summed E-state index contributed by atoms with van der Waals surface area (Å²) in [5, 5.41) is 17.3. The van der Waals surface area contributed by atoms with Gasteiger partial charge < -0.3 is 10.2 Å². The maximum atomic E-state index is 10.5. The van der Waals surface area contributed by atoms with Crippen molar-refractivity contribution in [2.45, 2.75) is 48.3 Å². The second-order valence-corrected chi connectivity index (χ2v) is 8.23. The Balaban J connectivity index is 1.75. The van der Waals surface area contributed by atoms with Crippen LogP contribution in [-0.4, -0.2) is 22.2 Å². The van der Waals surface area contributed by atoms with Crippen LogP contribution in [0.15, 0.2) is 58.3 Å². The van der Waals surface area contributed by atoms with Gasteiger partial charge in [-0.15, -0.1) is 0 Å². The van der Waals surface area contributed by atoms with Crippen LogP contribution < -0.4 is 0 Å². The van der Waals surface area contributed by atoms with Gasteiger partial charge in [0.25, 0.3) is 0 Å². The summed E-state index contributed by atoms with van der Waals surface area (Å²) in [7, 11) is 3.37. The standard InChI is InChI=1S/C20H22O4S2/c21-19(22)5-1-3-15-7-11-17(12-8-15)25-26-18-13-9-16(10-14-18)4-2-6-20(23)24/h7-14H,1-6H2,(H,21,22)(H,23,24). The number of carbonyl (C=O) groups is 2. The first-order valence-corrected chi connectivity index (χ1v) is 10.6. The van der Waals surface area contributed by atoms with E-state index in [0.29, 0.717) is 12.8 Å². The Hall–Kier alpha value is -1.92. The molecule has 2 rings (SSSR count). The summed E-state index contributed by atoms with van der Waals surface area (Å²) in [5.74, 6) is -1.50. The molecule has 0 unspecified atom stereocenters. The van der Waals surface area contributed by atoms with Gasteiger partial charge in [0.2, 0.25) is 0 Å². The Kier molecular flexibility index (Phi) is 8.58. The summed E-state index contributed by atoms with van der Waals surface area (Å²) in [4.78, 5) is 23.4. The molecule has 26 heavy (non-hydrogen) atoms. The van der Waals surface area contributed by atoms with Gasteiger partial charge in [-0.3, -0.25) is 9.59 Å². The summed E-state index contributed by atoms with van der Waals surface area (Å²) in [6.07, 6.45) is 3.31. The molecule has 4 nitrogen and oxygen atoms in total. The largest absolute Gasteiger partial charge is 0.481 e. The summed E-state index contributed by atoms with van der Waals surface area (Å²) in [5.41, 5.74) is 2.32. The zero-order valence-electron chi connectivity index (χ0n) is 14.4. The molecule has 6 heteroatoms. The van der Waals surface area contributed by atoms with Crippen LogP contribution in [0.2, 0.25) is 0 Å². The van der Waals surface area contributed by atoms with E-state index >= 15 is 0 Å². The fraction of sp³-hybridized carbons (Fsp3) is 0.300. The van der Waals surface area contributed by atoms with Crippen molar-refractivity contribution in [3.05, 3.63) is 59.7 Å². The van der Waals surface area contributed by atoms with E-state index in [9.17, 15) is 9.59 Å². The van der Waals surface area contributed by atoms with Crippen molar-refractivity contribution in [3.8, 4) is 0 Å². The maximum absolute atomic E-state index is 10.5. The van der Waals surface area contributed by atoms with Gasteiger partial charge in [-0.25, -0.2) is 0 Å². The molecule has 0 fully saturated rings. The van der Waals surface area contributed by atoms with Gasteiger partial charge >= 0.3 is 11.9 Å². The average Bonchev–Trinajstić information content (AvgIpc) is 2.61. The van der Waals surface area contributed by atoms with Crippen molar-refractivity contribution in [3.63, 3.8) is 0 Å². The molecule has 0 saturated heterocycles. The molecule has 0 bridgehead atoms. The fourth-order valence-corrected chi connectivity index (χ4v) is 4.34. The Bertz CT molecular complexity index is 648. The van der Waals surface area contributed by atoms with Crippen LogP contribution in [0.3, 0.4) is 0 Å². The number of benzene rings is 2. The highest BCUT2D eigenvalue weighted by Gasteiger charge is 2.02. The van der Waals surface area contributed by atoms with Crippen LogP contribution in [0, 0.1) is 0 Å². The van der Waals surface area contributed by atoms with Crippen LogP contribution in [0.25, 0.3) is 0 Å². The lowest BCUT2D eigenvalue weighted by atomic mass is 10.1. The van der Waals surface area contributed by atoms with Gasteiger partial charge in [-0.2, -0.15) is 0 Å². The number of carboxylic acid groups (broad SMARTS) is 2. The molecule has 2 aromatic rings. The molecular formula is C20H22O4S2. The number of hydrogen-bond acceptors (Lipinski definition) is 4. The van der Waals surface area contributed by atoms with E-state index in [1.54, 1.807) is 21.6 Å². The molecular weight excluding hydrogens is 368 g/mol. The van der Waals surface area contributed by atoms with Gasteiger partial charge in [-0.05, 0) is 61.1 Å².